The highest BCUT2D eigenvalue weighted by molar-refractivity contribution is 6.05. The number of hydrogen-bond acceptors (Lipinski definition) is 7. The van der Waals surface area contributed by atoms with E-state index in [0.29, 0.717) is 34.7 Å². The summed E-state index contributed by atoms with van der Waals surface area (Å²) in [5, 5.41) is 20.1. The maximum Gasteiger partial charge on any atom is 0.255 e. The van der Waals surface area contributed by atoms with Crippen LogP contribution in [-0.4, -0.2) is 48.8 Å². The van der Waals surface area contributed by atoms with Gasteiger partial charge in [0.15, 0.2) is 0 Å². The first kappa shape index (κ1) is 19.7. The number of phenols is 1. The number of amides is 3. The highest BCUT2D eigenvalue weighted by Gasteiger charge is 2.40. The molecule has 1 atom stereocenters. The number of hydrogen-bond donors (Lipinski definition) is 2. The minimum atomic E-state index is -0.678. The molecule has 0 aliphatic carbocycles. The average Bonchev–Trinajstić information content (AvgIpc) is 3.38. The Hall–Kier alpha value is -4.21. The smallest absolute Gasteiger partial charge is 0.255 e. The number of piperidine rings is 1. The molecule has 10 nitrogen and oxygen atoms in total. The van der Waals surface area contributed by atoms with Crippen LogP contribution in [0, 0.1) is 0 Å². The van der Waals surface area contributed by atoms with E-state index in [0.717, 1.165) is 0 Å². The van der Waals surface area contributed by atoms with Gasteiger partial charge in [0.1, 0.15) is 29.8 Å². The first-order valence-electron chi connectivity index (χ1n) is 10.1. The Morgan fingerprint density at radius 2 is 2.00 bits per heavy atom. The molecule has 1 fully saturated rings. The Kier molecular flexibility index (Phi) is 4.81. The number of aromatic nitrogens is 3. The van der Waals surface area contributed by atoms with Crippen molar-refractivity contribution in [1.82, 2.24) is 25.2 Å². The second-order valence-corrected chi connectivity index (χ2v) is 7.65. The van der Waals surface area contributed by atoms with E-state index in [1.54, 1.807) is 48.7 Å². The average molecular weight is 433 g/mol. The Bertz CT molecular complexity index is 1240. The molecule has 0 bridgehead atoms. The molecule has 32 heavy (non-hydrogen) atoms. The van der Waals surface area contributed by atoms with Crippen molar-refractivity contribution in [2.45, 2.75) is 32.0 Å². The number of rotatable bonds is 5. The quantitative estimate of drug-likeness (QED) is 0.581. The van der Waals surface area contributed by atoms with Crippen molar-refractivity contribution < 1.29 is 24.2 Å². The number of imide groups is 1. The van der Waals surface area contributed by atoms with Crippen LogP contribution in [-0.2, 0) is 22.7 Å². The third kappa shape index (κ3) is 3.55. The number of aromatic hydroxyl groups is 1. The zero-order valence-electron chi connectivity index (χ0n) is 16.9. The number of carbonyl (C=O) groups is 3. The van der Waals surface area contributed by atoms with Gasteiger partial charge in [0.2, 0.25) is 11.8 Å². The molecule has 0 radical (unpaired) electrons. The lowest BCUT2D eigenvalue weighted by Crippen LogP contribution is -2.52. The van der Waals surface area contributed by atoms with Crippen molar-refractivity contribution in [3.8, 4) is 17.2 Å². The van der Waals surface area contributed by atoms with Crippen molar-refractivity contribution in [3.05, 3.63) is 65.5 Å². The number of nitrogens with zero attached hydrogens (tertiary/aromatic N) is 4. The Morgan fingerprint density at radius 1 is 1.16 bits per heavy atom. The minimum Gasteiger partial charge on any atom is -0.508 e. The van der Waals surface area contributed by atoms with Gasteiger partial charge in [-0.3, -0.25) is 19.7 Å². The fraction of sp³-hybridized carbons (Fsp3) is 0.227. The first-order chi connectivity index (χ1) is 15.5. The zero-order chi connectivity index (χ0) is 22.2. The van der Waals surface area contributed by atoms with E-state index in [9.17, 15) is 19.5 Å². The summed E-state index contributed by atoms with van der Waals surface area (Å²) in [6.07, 6.45) is 2.20. The van der Waals surface area contributed by atoms with Crippen LogP contribution in [0.4, 0.5) is 0 Å². The van der Waals surface area contributed by atoms with Crippen LogP contribution >= 0.6 is 0 Å². The summed E-state index contributed by atoms with van der Waals surface area (Å²) >= 11 is 0. The van der Waals surface area contributed by atoms with Gasteiger partial charge in [-0.1, -0.05) is 17.3 Å². The Balaban J connectivity index is 1.31. The van der Waals surface area contributed by atoms with Crippen molar-refractivity contribution in [2.24, 2.45) is 0 Å². The van der Waals surface area contributed by atoms with Crippen LogP contribution in [0.5, 0.6) is 11.5 Å². The third-order valence-electron chi connectivity index (χ3n) is 5.55. The molecule has 0 spiro atoms. The summed E-state index contributed by atoms with van der Waals surface area (Å²) in [6, 6.07) is 11.2. The van der Waals surface area contributed by atoms with Gasteiger partial charge in [0, 0.05) is 23.6 Å². The molecule has 0 saturated carbocycles. The van der Waals surface area contributed by atoms with Gasteiger partial charge in [0.05, 0.1) is 18.4 Å². The molecule has 5 rings (SSSR count). The molecule has 2 aromatic carbocycles. The van der Waals surface area contributed by atoms with Crippen LogP contribution in [0.15, 0.2) is 48.7 Å². The van der Waals surface area contributed by atoms with Gasteiger partial charge in [-0.05, 0) is 30.7 Å². The van der Waals surface area contributed by atoms with Crippen molar-refractivity contribution >= 4 is 17.7 Å². The largest absolute Gasteiger partial charge is 0.508 e. The minimum absolute atomic E-state index is 0.126. The van der Waals surface area contributed by atoms with E-state index in [1.807, 2.05) is 0 Å². The Morgan fingerprint density at radius 3 is 2.81 bits per heavy atom. The number of benzene rings is 2. The Labute approximate surface area is 182 Å². The van der Waals surface area contributed by atoms with Gasteiger partial charge in [-0.2, -0.15) is 0 Å². The summed E-state index contributed by atoms with van der Waals surface area (Å²) in [5.74, 6) is -0.375. The van der Waals surface area contributed by atoms with Crippen LogP contribution in [0.1, 0.15) is 34.5 Å². The van der Waals surface area contributed by atoms with E-state index in [2.05, 4.69) is 15.6 Å². The molecule has 3 heterocycles. The fourth-order valence-corrected chi connectivity index (χ4v) is 3.97. The zero-order valence-corrected chi connectivity index (χ0v) is 16.9. The third-order valence-corrected chi connectivity index (χ3v) is 5.55. The number of ether oxygens (including phenoxy) is 1. The van der Waals surface area contributed by atoms with Crippen LogP contribution in [0.25, 0.3) is 5.69 Å². The van der Waals surface area contributed by atoms with E-state index in [-0.39, 0.29) is 37.1 Å². The number of nitrogens with one attached hydrogen (secondary N) is 1. The molecule has 162 valence electrons. The number of phenolic OH excluding ortho intramolecular Hbond substituents is 1. The molecule has 10 heteroatoms. The lowest BCUT2D eigenvalue weighted by Gasteiger charge is -2.29. The van der Waals surface area contributed by atoms with E-state index in [4.69, 9.17) is 4.74 Å². The van der Waals surface area contributed by atoms with Crippen molar-refractivity contribution in [2.75, 3.05) is 0 Å². The molecule has 2 aliphatic heterocycles. The highest BCUT2D eigenvalue weighted by atomic mass is 16.5. The van der Waals surface area contributed by atoms with Gasteiger partial charge in [-0.15, -0.1) is 5.10 Å². The maximum atomic E-state index is 12.9. The predicted molar refractivity (Wildman–Crippen MR) is 110 cm³/mol. The van der Waals surface area contributed by atoms with Gasteiger partial charge in [0.25, 0.3) is 5.91 Å². The lowest BCUT2D eigenvalue weighted by atomic mass is 10.0. The molecule has 2 aliphatic rings. The van der Waals surface area contributed by atoms with Gasteiger partial charge >= 0.3 is 0 Å². The summed E-state index contributed by atoms with van der Waals surface area (Å²) in [5.41, 5.74) is 2.41. The van der Waals surface area contributed by atoms with Crippen LogP contribution in [0.2, 0.25) is 0 Å². The molecule has 1 saturated heterocycles. The molecular formula is C22H19N5O5. The molecular weight excluding hydrogens is 414 g/mol. The molecule has 1 unspecified atom stereocenters. The second kappa shape index (κ2) is 7.80. The second-order valence-electron chi connectivity index (χ2n) is 7.65. The number of carbonyl (C=O) groups excluding carboxylic acids is 3. The molecule has 2 N–H and O–H groups in total. The highest BCUT2D eigenvalue weighted by Crippen LogP contribution is 2.33. The van der Waals surface area contributed by atoms with Crippen molar-refractivity contribution in [3.63, 3.8) is 0 Å². The fourth-order valence-electron chi connectivity index (χ4n) is 3.97. The van der Waals surface area contributed by atoms with Crippen LogP contribution < -0.4 is 10.1 Å². The first-order valence-corrected chi connectivity index (χ1v) is 10.1. The summed E-state index contributed by atoms with van der Waals surface area (Å²) in [6.45, 7) is 0.356. The molecule has 3 aromatic rings. The van der Waals surface area contributed by atoms with Crippen LogP contribution in [0.3, 0.4) is 0 Å². The van der Waals surface area contributed by atoms with Gasteiger partial charge in [-0.25, -0.2) is 4.68 Å². The number of fused-ring (bicyclic) bond motifs is 1. The van der Waals surface area contributed by atoms with E-state index >= 15 is 0 Å². The topological polar surface area (TPSA) is 127 Å². The normalized spacial score (nSPS) is 17.9. The van der Waals surface area contributed by atoms with E-state index < -0.39 is 11.9 Å². The lowest BCUT2D eigenvalue weighted by molar-refractivity contribution is -0.136. The molecule has 1 aromatic heterocycles. The standard InChI is InChI=1S/C22H19N5O5/c28-15-4-1-3-14(9-15)27-10-13(24-25-27)12-32-19-6-2-5-16-17(19)11-26(22(16)31)18-7-8-20(29)23-21(18)30/h1-6,9-10,18,28H,7-8,11-12H2,(H,23,29,30). The molecule has 3 amide bonds. The van der Waals surface area contributed by atoms with Crippen molar-refractivity contribution in [1.29, 1.82) is 0 Å². The maximum absolute atomic E-state index is 12.9. The predicted octanol–water partition coefficient (Wildman–Crippen LogP) is 1.31. The summed E-state index contributed by atoms with van der Waals surface area (Å²) < 4.78 is 7.47. The summed E-state index contributed by atoms with van der Waals surface area (Å²) in [7, 11) is 0. The SMILES string of the molecule is O=C1CCC(N2Cc3c(OCc4cn(-c5cccc(O)c5)nn4)cccc3C2=O)C(=O)N1. The monoisotopic (exact) mass is 433 g/mol. The van der Waals surface area contributed by atoms with Gasteiger partial charge < -0.3 is 14.7 Å². The van der Waals surface area contributed by atoms with E-state index in [1.165, 1.54) is 9.58 Å². The summed E-state index contributed by atoms with van der Waals surface area (Å²) in [4.78, 5) is 38.1.